The van der Waals surface area contributed by atoms with Crippen LogP contribution in [0.2, 0.25) is 0 Å². The summed E-state index contributed by atoms with van der Waals surface area (Å²) >= 11 is 0. The van der Waals surface area contributed by atoms with Gasteiger partial charge in [0, 0.05) is 0 Å². The Kier molecular flexibility index (Phi) is 4.31. The lowest BCUT2D eigenvalue weighted by molar-refractivity contribution is -0.131. The van der Waals surface area contributed by atoms with Crippen LogP contribution >= 0.6 is 0 Å². The fraction of sp³-hybridized carbons (Fsp3) is 0.308. The monoisotopic (exact) mass is 277 g/mol. The number of amides is 4. The zero-order valence-corrected chi connectivity index (χ0v) is 10.7. The van der Waals surface area contributed by atoms with Crippen LogP contribution in [0, 0.1) is 0 Å². The summed E-state index contributed by atoms with van der Waals surface area (Å²) in [4.78, 5) is 35.3. The van der Waals surface area contributed by atoms with Crippen molar-refractivity contribution in [3.8, 4) is 0 Å². The Labute approximate surface area is 115 Å². The molecule has 1 aliphatic heterocycles. The summed E-state index contributed by atoms with van der Waals surface area (Å²) in [6.07, 6.45) is 0. The molecule has 0 saturated carbocycles. The molecule has 106 valence electrons. The summed E-state index contributed by atoms with van der Waals surface area (Å²) in [6, 6.07) is 7.81. The number of nitrogens with zero attached hydrogens (tertiary/aromatic N) is 1. The highest BCUT2D eigenvalue weighted by Gasteiger charge is 2.30. The Morgan fingerprint density at radius 3 is 2.60 bits per heavy atom. The second-order valence-electron chi connectivity index (χ2n) is 4.35. The molecule has 1 heterocycles. The van der Waals surface area contributed by atoms with Crippen molar-refractivity contribution in [2.24, 2.45) is 0 Å². The van der Waals surface area contributed by atoms with E-state index in [1.807, 2.05) is 6.07 Å². The first kappa shape index (κ1) is 14.0. The van der Waals surface area contributed by atoms with Crippen LogP contribution in [-0.4, -0.2) is 47.5 Å². The molecule has 1 aromatic carbocycles. The number of aliphatic hydroxyl groups is 1. The molecule has 7 nitrogen and oxygen atoms in total. The molecule has 4 amide bonds. The predicted molar refractivity (Wildman–Crippen MR) is 69.5 cm³/mol. The highest BCUT2D eigenvalue weighted by molar-refractivity contribution is 6.04. The number of rotatable bonds is 5. The summed E-state index contributed by atoms with van der Waals surface area (Å²) in [7, 11) is 0. The summed E-state index contributed by atoms with van der Waals surface area (Å²) in [6.45, 7) is -0.710. The second kappa shape index (κ2) is 6.16. The number of carbonyl (C=O) groups excluding carboxylic acids is 3. The van der Waals surface area contributed by atoms with Crippen LogP contribution < -0.4 is 10.6 Å². The molecule has 0 spiro atoms. The maximum absolute atomic E-state index is 11.8. The lowest BCUT2D eigenvalue weighted by Crippen LogP contribution is -2.42. The van der Waals surface area contributed by atoms with E-state index in [0.717, 1.165) is 10.5 Å². The Hall–Kier alpha value is -2.41. The van der Waals surface area contributed by atoms with Gasteiger partial charge in [-0.2, -0.15) is 0 Å². The van der Waals surface area contributed by atoms with E-state index in [0.29, 0.717) is 0 Å². The van der Waals surface area contributed by atoms with Gasteiger partial charge in [0.15, 0.2) is 0 Å². The molecule has 1 saturated heterocycles. The van der Waals surface area contributed by atoms with Gasteiger partial charge in [-0.25, -0.2) is 4.79 Å². The molecule has 0 aromatic heterocycles. The first-order valence-corrected chi connectivity index (χ1v) is 6.15. The van der Waals surface area contributed by atoms with E-state index in [1.165, 1.54) is 0 Å². The van der Waals surface area contributed by atoms with Crippen molar-refractivity contribution in [2.45, 2.75) is 6.04 Å². The Bertz CT molecular complexity index is 502. The minimum atomic E-state index is -0.578. The topological polar surface area (TPSA) is 98.7 Å². The van der Waals surface area contributed by atoms with Gasteiger partial charge < -0.3 is 15.7 Å². The summed E-state index contributed by atoms with van der Waals surface area (Å²) < 4.78 is 0. The lowest BCUT2D eigenvalue weighted by atomic mass is 10.1. The van der Waals surface area contributed by atoms with Crippen LogP contribution in [0.3, 0.4) is 0 Å². The van der Waals surface area contributed by atoms with Crippen molar-refractivity contribution in [3.05, 3.63) is 35.9 Å². The van der Waals surface area contributed by atoms with Gasteiger partial charge in [0.05, 0.1) is 19.2 Å². The van der Waals surface area contributed by atoms with Gasteiger partial charge in [0.1, 0.15) is 6.54 Å². The summed E-state index contributed by atoms with van der Waals surface area (Å²) in [5.74, 6) is -0.941. The summed E-state index contributed by atoms with van der Waals surface area (Å²) in [5.41, 5.74) is 0.751. The van der Waals surface area contributed by atoms with Crippen LogP contribution in [0.25, 0.3) is 0 Å². The maximum Gasteiger partial charge on any atom is 0.325 e. The zero-order chi connectivity index (χ0) is 14.5. The standard InChI is InChI=1S/C13H15N3O4/c17-8-10(9-4-2-1-3-5-9)15-11(18)7-16-12(19)6-14-13(16)20/h1-5,10,17H,6-8H2,(H,14,20)(H,15,18). The van der Waals surface area contributed by atoms with Gasteiger partial charge >= 0.3 is 6.03 Å². The SMILES string of the molecule is O=C(CN1C(=O)CNC1=O)NC(CO)c1ccccc1. The van der Waals surface area contributed by atoms with Crippen molar-refractivity contribution in [1.82, 2.24) is 15.5 Å². The minimum absolute atomic E-state index is 0.0891. The van der Waals surface area contributed by atoms with Gasteiger partial charge in [-0.3, -0.25) is 14.5 Å². The Morgan fingerprint density at radius 1 is 1.35 bits per heavy atom. The third-order valence-corrected chi connectivity index (χ3v) is 2.96. The number of hydrogen-bond donors (Lipinski definition) is 3. The van der Waals surface area contributed by atoms with E-state index < -0.39 is 23.9 Å². The van der Waals surface area contributed by atoms with Crippen molar-refractivity contribution < 1.29 is 19.5 Å². The van der Waals surface area contributed by atoms with Gasteiger partial charge in [-0.05, 0) is 5.56 Å². The molecule has 1 unspecified atom stereocenters. The quantitative estimate of drug-likeness (QED) is 0.625. The molecule has 0 aliphatic carbocycles. The number of imide groups is 1. The van der Waals surface area contributed by atoms with Gasteiger partial charge in [0.25, 0.3) is 5.91 Å². The molecule has 1 aromatic rings. The van der Waals surface area contributed by atoms with E-state index in [-0.39, 0.29) is 19.7 Å². The smallest absolute Gasteiger partial charge is 0.325 e. The number of nitrogens with one attached hydrogen (secondary N) is 2. The van der Waals surface area contributed by atoms with Crippen LogP contribution in [0.1, 0.15) is 11.6 Å². The fourth-order valence-electron chi connectivity index (χ4n) is 1.92. The summed E-state index contributed by atoms with van der Waals surface area (Å²) in [5, 5.41) is 14.2. The van der Waals surface area contributed by atoms with E-state index in [2.05, 4.69) is 10.6 Å². The lowest BCUT2D eigenvalue weighted by Gasteiger charge is -2.18. The molecule has 0 bridgehead atoms. The molecular formula is C13H15N3O4. The average Bonchev–Trinajstić information content (AvgIpc) is 2.77. The van der Waals surface area contributed by atoms with Gasteiger partial charge in [-0.1, -0.05) is 30.3 Å². The molecule has 0 radical (unpaired) electrons. The average molecular weight is 277 g/mol. The normalized spacial score (nSPS) is 15.9. The molecule has 2 rings (SSSR count). The largest absolute Gasteiger partial charge is 0.394 e. The zero-order valence-electron chi connectivity index (χ0n) is 10.7. The number of aliphatic hydroxyl groups excluding tert-OH is 1. The van der Waals surface area contributed by atoms with Crippen molar-refractivity contribution in [2.75, 3.05) is 19.7 Å². The van der Waals surface area contributed by atoms with Crippen molar-refractivity contribution >= 4 is 17.8 Å². The van der Waals surface area contributed by atoms with Crippen LogP contribution in [0.5, 0.6) is 0 Å². The minimum Gasteiger partial charge on any atom is -0.394 e. The van der Waals surface area contributed by atoms with Crippen molar-refractivity contribution in [3.63, 3.8) is 0 Å². The second-order valence-corrected chi connectivity index (χ2v) is 4.35. The Balaban J connectivity index is 1.96. The van der Waals surface area contributed by atoms with E-state index >= 15 is 0 Å². The number of hydrogen-bond acceptors (Lipinski definition) is 4. The van der Waals surface area contributed by atoms with Gasteiger partial charge in [-0.15, -0.1) is 0 Å². The molecule has 20 heavy (non-hydrogen) atoms. The molecule has 7 heteroatoms. The predicted octanol–water partition coefficient (Wildman–Crippen LogP) is -0.612. The first-order chi connectivity index (χ1) is 9.61. The number of carbonyl (C=O) groups is 3. The van der Waals surface area contributed by atoms with Crippen LogP contribution in [-0.2, 0) is 9.59 Å². The molecule has 1 atom stereocenters. The molecule has 1 fully saturated rings. The van der Waals surface area contributed by atoms with Crippen LogP contribution in [0.15, 0.2) is 30.3 Å². The number of urea groups is 1. The van der Waals surface area contributed by atoms with E-state index in [9.17, 15) is 19.5 Å². The van der Waals surface area contributed by atoms with Crippen LogP contribution in [0.4, 0.5) is 4.79 Å². The fourth-order valence-corrected chi connectivity index (χ4v) is 1.92. The third kappa shape index (κ3) is 3.12. The molecule has 3 N–H and O–H groups in total. The maximum atomic E-state index is 11.8. The van der Waals surface area contributed by atoms with Gasteiger partial charge in [0.2, 0.25) is 5.91 Å². The Morgan fingerprint density at radius 2 is 2.05 bits per heavy atom. The highest BCUT2D eigenvalue weighted by Crippen LogP contribution is 2.11. The van der Waals surface area contributed by atoms with E-state index in [4.69, 9.17) is 0 Å². The molecular weight excluding hydrogens is 262 g/mol. The highest BCUT2D eigenvalue weighted by atomic mass is 16.3. The number of benzene rings is 1. The van der Waals surface area contributed by atoms with Crippen molar-refractivity contribution in [1.29, 1.82) is 0 Å². The van der Waals surface area contributed by atoms with E-state index in [1.54, 1.807) is 24.3 Å². The third-order valence-electron chi connectivity index (χ3n) is 2.96. The molecule has 1 aliphatic rings. The first-order valence-electron chi connectivity index (χ1n) is 6.15.